The molecule has 0 heterocycles. The van der Waals surface area contributed by atoms with E-state index in [-0.39, 0.29) is 5.91 Å². The number of benzene rings is 2. The summed E-state index contributed by atoms with van der Waals surface area (Å²) in [6.07, 6.45) is 0. The number of nitrogens with zero attached hydrogens (tertiary/aromatic N) is 1. The number of ether oxygens (including phenoxy) is 1. The van der Waals surface area contributed by atoms with E-state index in [9.17, 15) is 4.79 Å². The number of anilines is 1. The van der Waals surface area contributed by atoms with Crippen LogP contribution in [0.5, 0.6) is 5.75 Å². The van der Waals surface area contributed by atoms with Crippen molar-refractivity contribution in [3.8, 4) is 5.75 Å². The summed E-state index contributed by atoms with van der Waals surface area (Å²) in [6.45, 7) is 0. The number of rotatable bonds is 4. The molecule has 19 heavy (non-hydrogen) atoms. The van der Waals surface area contributed by atoms with E-state index >= 15 is 0 Å². The highest BCUT2D eigenvalue weighted by molar-refractivity contribution is 5.95. The van der Waals surface area contributed by atoms with Crippen molar-refractivity contribution in [3.63, 3.8) is 0 Å². The van der Waals surface area contributed by atoms with Gasteiger partial charge < -0.3 is 4.74 Å². The van der Waals surface area contributed by atoms with Crippen LogP contribution in [0.25, 0.3) is 0 Å². The Kier molecular flexibility index (Phi) is 4.03. The summed E-state index contributed by atoms with van der Waals surface area (Å²) < 4.78 is 5.06. The molecule has 0 aliphatic heterocycles. The zero-order valence-corrected chi connectivity index (χ0v) is 11.0. The normalized spacial score (nSPS) is 9.79. The van der Waals surface area contributed by atoms with Gasteiger partial charge >= 0.3 is 0 Å². The van der Waals surface area contributed by atoms with Crippen LogP contribution in [0.1, 0.15) is 10.4 Å². The molecular weight excluding hydrogens is 240 g/mol. The molecule has 0 aromatic heterocycles. The van der Waals surface area contributed by atoms with Crippen molar-refractivity contribution in [1.29, 1.82) is 0 Å². The van der Waals surface area contributed by atoms with E-state index in [0.29, 0.717) is 5.56 Å². The number of hydrogen-bond donors (Lipinski definition) is 1. The van der Waals surface area contributed by atoms with E-state index in [1.54, 1.807) is 43.4 Å². The number of hydrogen-bond acceptors (Lipinski definition) is 3. The van der Waals surface area contributed by atoms with E-state index in [1.165, 1.54) is 0 Å². The molecule has 2 aromatic rings. The molecule has 4 nitrogen and oxygen atoms in total. The molecule has 0 aliphatic rings. The fraction of sp³-hybridized carbons (Fsp3) is 0.133. The standard InChI is InChI=1S/C15H16N2O2/c1-17(13-6-4-3-5-7-13)16-15(18)12-8-10-14(19-2)11-9-12/h3-11H,1-2H3,(H,16,18). The van der Waals surface area contributed by atoms with Gasteiger partial charge in [0.25, 0.3) is 5.91 Å². The zero-order chi connectivity index (χ0) is 13.7. The van der Waals surface area contributed by atoms with Crippen molar-refractivity contribution >= 4 is 11.6 Å². The lowest BCUT2D eigenvalue weighted by Crippen LogP contribution is -2.39. The number of carbonyl (C=O) groups is 1. The van der Waals surface area contributed by atoms with Crippen LogP contribution in [0.3, 0.4) is 0 Å². The first-order valence-electron chi connectivity index (χ1n) is 5.94. The van der Waals surface area contributed by atoms with Crippen molar-refractivity contribution in [1.82, 2.24) is 5.43 Å². The van der Waals surface area contributed by atoms with Gasteiger partial charge in [-0.2, -0.15) is 0 Å². The first kappa shape index (κ1) is 13.0. The molecule has 0 radical (unpaired) electrons. The lowest BCUT2D eigenvalue weighted by molar-refractivity contribution is 0.0951. The Morgan fingerprint density at radius 1 is 1.05 bits per heavy atom. The average molecular weight is 256 g/mol. The molecule has 2 aromatic carbocycles. The molecule has 0 saturated carbocycles. The molecule has 0 aliphatic carbocycles. The van der Waals surface area contributed by atoms with Crippen molar-refractivity contribution in [2.75, 3.05) is 19.2 Å². The topological polar surface area (TPSA) is 41.6 Å². The molecule has 0 unspecified atom stereocenters. The maximum absolute atomic E-state index is 12.0. The molecule has 0 bridgehead atoms. The SMILES string of the molecule is COc1ccc(C(=O)NN(C)c2ccccc2)cc1. The van der Waals surface area contributed by atoms with Gasteiger partial charge in [0.2, 0.25) is 0 Å². The molecule has 4 heteroatoms. The van der Waals surface area contributed by atoms with E-state index in [0.717, 1.165) is 11.4 Å². The van der Waals surface area contributed by atoms with Crippen molar-refractivity contribution in [2.24, 2.45) is 0 Å². The highest BCUT2D eigenvalue weighted by atomic mass is 16.5. The smallest absolute Gasteiger partial charge is 0.269 e. The summed E-state index contributed by atoms with van der Waals surface area (Å²) in [5, 5.41) is 1.69. The first-order chi connectivity index (χ1) is 9.20. The number of carbonyl (C=O) groups excluding carboxylic acids is 1. The lowest BCUT2D eigenvalue weighted by Gasteiger charge is -2.20. The van der Waals surface area contributed by atoms with E-state index < -0.39 is 0 Å². The summed E-state index contributed by atoms with van der Waals surface area (Å²) >= 11 is 0. The van der Waals surface area contributed by atoms with Gasteiger partial charge in [-0.3, -0.25) is 15.2 Å². The van der Waals surface area contributed by atoms with E-state index in [4.69, 9.17) is 4.74 Å². The number of methoxy groups -OCH3 is 1. The molecule has 0 fully saturated rings. The summed E-state index contributed by atoms with van der Waals surface area (Å²) in [4.78, 5) is 12.0. The Morgan fingerprint density at radius 3 is 2.26 bits per heavy atom. The third-order valence-electron chi connectivity index (χ3n) is 2.76. The molecule has 0 spiro atoms. The molecule has 0 atom stereocenters. The summed E-state index contributed by atoms with van der Waals surface area (Å²) in [5.74, 6) is 0.571. The first-order valence-corrected chi connectivity index (χ1v) is 5.94. The largest absolute Gasteiger partial charge is 0.497 e. The highest BCUT2D eigenvalue weighted by Gasteiger charge is 2.08. The van der Waals surface area contributed by atoms with Gasteiger partial charge in [0.15, 0.2) is 0 Å². The summed E-state index contributed by atoms with van der Waals surface area (Å²) in [7, 11) is 3.40. The monoisotopic (exact) mass is 256 g/mol. The minimum Gasteiger partial charge on any atom is -0.497 e. The Bertz CT molecular complexity index is 538. The molecule has 98 valence electrons. The molecule has 1 N–H and O–H groups in total. The number of hydrazine groups is 1. The van der Waals surface area contributed by atoms with Crippen LogP contribution in [-0.2, 0) is 0 Å². The van der Waals surface area contributed by atoms with Gasteiger partial charge in [-0.1, -0.05) is 18.2 Å². The van der Waals surface area contributed by atoms with E-state index in [1.807, 2.05) is 30.3 Å². The molecule has 2 rings (SSSR count). The highest BCUT2D eigenvalue weighted by Crippen LogP contribution is 2.12. The zero-order valence-electron chi connectivity index (χ0n) is 11.0. The fourth-order valence-corrected chi connectivity index (χ4v) is 1.68. The van der Waals surface area contributed by atoms with Crippen molar-refractivity contribution in [2.45, 2.75) is 0 Å². The number of nitrogens with one attached hydrogen (secondary N) is 1. The minimum atomic E-state index is -0.158. The predicted octanol–water partition coefficient (Wildman–Crippen LogP) is 2.48. The van der Waals surface area contributed by atoms with Crippen LogP contribution in [0.4, 0.5) is 5.69 Å². The Balaban J connectivity index is 2.04. The molecule has 0 saturated heterocycles. The summed E-state index contributed by atoms with van der Waals surface area (Å²) in [5.41, 5.74) is 4.31. The maximum atomic E-state index is 12.0. The van der Waals surface area contributed by atoms with Gasteiger partial charge in [0.1, 0.15) is 5.75 Å². The second-order valence-corrected chi connectivity index (χ2v) is 4.06. The van der Waals surface area contributed by atoms with Crippen LogP contribution >= 0.6 is 0 Å². The second kappa shape index (κ2) is 5.91. The average Bonchev–Trinajstić information content (AvgIpc) is 2.48. The quantitative estimate of drug-likeness (QED) is 0.854. The van der Waals surface area contributed by atoms with Gasteiger partial charge in [-0.15, -0.1) is 0 Å². The lowest BCUT2D eigenvalue weighted by atomic mass is 10.2. The van der Waals surface area contributed by atoms with Crippen LogP contribution < -0.4 is 15.2 Å². The second-order valence-electron chi connectivity index (χ2n) is 4.06. The molecular formula is C15H16N2O2. The maximum Gasteiger partial charge on any atom is 0.269 e. The molecule has 1 amide bonds. The predicted molar refractivity (Wildman–Crippen MR) is 75.3 cm³/mol. The van der Waals surface area contributed by atoms with Crippen molar-refractivity contribution < 1.29 is 9.53 Å². The Hall–Kier alpha value is -2.49. The van der Waals surface area contributed by atoms with Crippen LogP contribution in [0.15, 0.2) is 54.6 Å². The summed E-state index contributed by atoms with van der Waals surface area (Å²) in [6, 6.07) is 16.6. The van der Waals surface area contributed by atoms with Crippen LogP contribution in [0, 0.1) is 0 Å². The van der Waals surface area contributed by atoms with Gasteiger partial charge in [-0.25, -0.2) is 0 Å². The van der Waals surface area contributed by atoms with Gasteiger partial charge in [0.05, 0.1) is 12.8 Å². The third-order valence-corrected chi connectivity index (χ3v) is 2.76. The number of amides is 1. The Labute approximate surface area is 112 Å². The third kappa shape index (κ3) is 3.25. The fourth-order valence-electron chi connectivity index (χ4n) is 1.68. The van der Waals surface area contributed by atoms with E-state index in [2.05, 4.69) is 5.43 Å². The Morgan fingerprint density at radius 2 is 1.68 bits per heavy atom. The minimum absolute atomic E-state index is 0.158. The van der Waals surface area contributed by atoms with Crippen molar-refractivity contribution in [3.05, 3.63) is 60.2 Å². The van der Waals surface area contributed by atoms with Gasteiger partial charge in [0, 0.05) is 12.6 Å². The van der Waals surface area contributed by atoms with Gasteiger partial charge in [-0.05, 0) is 36.4 Å². The van der Waals surface area contributed by atoms with Crippen LogP contribution in [-0.4, -0.2) is 20.1 Å². The number of para-hydroxylation sites is 1. The van der Waals surface area contributed by atoms with Crippen LogP contribution in [0.2, 0.25) is 0 Å².